The number of hydrogen-bond acceptors (Lipinski definition) is 2. The Kier molecular flexibility index (Phi) is 5.53. The van der Waals surface area contributed by atoms with E-state index < -0.39 is 0 Å². The van der Waals surface area contributed by atoms with Crippen LogP contribution in [0.1, 0.15) is 31.7 Å². The topological polar surface area (TPSA) is 32.3 Å². The summed E-state index contributed by atoms with van der Waals surface area (Å²) in [6.07, 6.45) is 3.64. The zero-order chi connectivity index (χ0) is 14.4. The molecular formula is C16H23FN2O. The Hall–Kier alpha value is -1.42. The molecule has 4 heteroatoms. The third-order valence-corrected chi connectivity index (χ3v) is 3.97. The number of hydrogen-bond donors (Lipinski definition) is 1. The monoisotopic (exact) mass is 278 g/mol. The molecule has 0 aromatic heterocycles. The van der Waals surface area contributed by atoms with Gasteiger partial charge in [0.15, 0.2) is 0 Å². The second-order valence-corrected chi connectivity index (χ2v) is 5.38. The Morgan fingerprint density at radius 3 is 2.70 bits per heavy atom. The average molecular weight is 278 g/mol. The van der Waals surface area contributed by atoms with E-state index in [2.05, 4.69) is 17.1 Å². The Morgan fingerprint density at radius 1 is 1.35 bits per heavy atom. The highest BCUT2D eigenvalue weighted by molar-refractivity contribution is 5.78. The SMILES string of the molecule is CC[C@H](CNC(=O)Cc1ccccc1F)N1CCCC1. The normalized spacial score (nSPS) is 17.1. The van der Waals surface area contributed by atoms with Crippen molar-refractivity contribution in [3.05, 3.63) is 35.6 Å². The summed E-state index contributed by atoms with van der Waals surface area (Å²) in [5.41, 5.74) is 0.458. The molecule has 1 amide bonds. The third kappa shape index (κ3) is 4.04. The van der Waals surface area contributed by atoms with Crippen molar-refractivity contribution in [3.8, 4) is 0 Å². The molecule has 1 heterocycles. The molecular weight excluding hydrogens is 255 g/mol. The summed E-state index contributed by atoms with van der Waals surface area (Å²) in [6, 6.07) is 6.85. The summed E-state index contributed by atoms with van der Waals surface area (Å²) >= 11 is 0. The summed E-state index contributed by atoms with van der Waals surface area (Å²) in [6.45, 7) is 5.05. The summed E-state index contributed by atoms with van der Waals surface area (Å²) in [7, 11) is 0. The summed E-state index contributed by atoms with van der Waals surface area (Å²) in [5, 5.41) is 2.94. The molecule has 1 aliphatic heterocycles. The van der Waals surface area contributed by atoms with Gasteiger partial charge >= 0.3 is 0 Å². The minimum absolute atomic E-state index is 0.104. The highest BCUT2D eigenvalue weighted by atomic mass is 19.1. The van der Waals surface area contributed by atoms with Gasteiger partial charge in [-0.15, -0.1) is 0 Å². The number of benzene rings is 1. The van der Waals surface area contributed by atoms with Crippen LogP contribution in [0.3, 0.4) is 0 Å². The van der Waals surface area contributed by atoms with Crippen LogP contribution in [0.2, 0.25) is 0 Å². The van der Waals surface area contributed by atoms with Gasteiger partial charge < -0.3 is 5.32 Å². The van der Waals surface area contributed by atoms with E-state index in [1.165, 1.54) is 18.9 Å². The molecule has 0 saturated carbocycles. The fraction of sp³-hybridized carbons (Fsp3) is 0.562. The highest BCUT2D eigenvalue weighted by Crippen LogP contribution is 2.13. The van der Waals surface area contributed by atoms with Crippen LogP contribution in [0.4, 0.5) is 4.39 Å². The van der Waals surface area contributed by atoms with Crippen molar-refractivity contribution in [1.82, 2.24) is 10.2 Å². The molecule has 20 heavy (non-hydrogen) atoms. The first-order valence-electron chi connectivity index (χ1n) is 7.45. The average Bonchev–Trinajstić information content (AvgIpc) is 2.96. The zero-order valence-electron chi connectivity index (χ0n) is 12.1. The summed E-state index contributed by atoms with van der Waals surface area (Å²) in [5.74, 6) is -0.415. The molecule has 0 aliphatic carbocycles. The second-order valence-electron chi connectivity index (χ2n) is 5.38. The van der Waals surface area contributed by atoms with Gasteiger partial charge in [-0.1, -0.05) is 25.1 Å². The van der Waals surface area contributed by atoms with Gasteiger partial charge in [0.1, 0.15) is 5.82 Å². The fourth-order valence-electron chi connectivity index (χ4n) is 2.75. The second kappa shape index (κ2) is 7.39. The maximum atomic E-state index is 13.5. The van der Waals surface area contributed by atoms with E-state index in [1.54, 1.807) is 18.2 Å². The van der Waals surface area contributed by atoms with Crippen LogP contribution in [0.5, 0.6) is 0 Å². The number of rotatable bonds is 6. The molecule has 0 radical (unpaired) electrons. The number of amides is 1. The van der Waals surface area contributed by atoms with Crippen LogP contribution >= 0.6 is 0 Å². The van der Waals surface area contributed by atoms with Gasteiger partial charge in [0.25, 0.3) is 0 Å². The lowest BCUT2D eigenvalue weighted by molar-refractivity contribution is -0.120. The van der Waals surface area contributed by atoms with Gasteiger partial charge in [0.05, 0.1) is 6.42 Å². The summed E-state index contributed by atoms with van der Waals surface area (Å²) in [4.78, 5) is 14.3. The molecule has 3 nitrogen and oxygen atoms in total. The molecule has 1 aromatic rings. The van der Waals surface area contributed by atoms with Crippen LogP contribution in [-0.4, -0.2) is 36.5 Å². The largest absolute Gasteiger partial charge is 0.354 e. The van der Waals surface area contributed by atoms with Crippen LogP contribution < -0.4 is 5.32 Å². The Morgan fingerprint density at radius 2 is 2.05 bits per heavy atom. The molecule has 2 rings (SSSR count). The predicted molar refractivity (Wildman–Crippen MR) is 78.0 cm³/mol. The first-order valence-corrected chi connectivity index (χ1v) is 7.45. The molecule has 1 N–H and O–H groups in total. The van der Waals surface area contributed by atoms with Gasteiger partial charge in [-0.2, -0.15) is 0 Å². The lowest BCUT2D eigenvalue weighted by Crippen LogP contribution is -2.42. The number of halogens is 1. The van der Waals surface area contributed by atoms with Crippen LogP contribution in [0.15, 0.2) is 24.3 Å². The van der Waals surface area contributed by atoms with Gasteiger partial charge in [-0.25, -0.2) is 4.39 Å². The Bertz CT molecular complexity index is 444. The van der Waals surface area contributed by atoms with Crippen molar-refractivity contribution in [2.24, 2.45) is 0 Å². The van der Waals surface area contributed by atoms with Gasteiger partial charge in [-0.3, -0.25) is 9.69 Å². The maximum absolute atomic E-state index is 13.5. The number of carbonyl (C=O) groups excluding carboxylic acids is 1. The van der Waals surface area contributed by atoms with Gasteiger partial charge in [-0.05, 0) is 44.0 Å². The molecule has 0 spiro atoms. The number of nitrogens with one attached hydrogen (secondary N) is 1. The van der Waals surface area contributed by atoms with Crippen molar-refractivity contribution in [2.45, 2.75) is 38.6 Å². The number of nitrogens with zero attached hydrogens (tertiary/aromatic N) is 1. The maximum Gasteiger partial charge on any atom is 0.224 e. The lowest BCUT2D eigenvalue weighted by Gasteiger charge is -2.26. The van der Waals surface area contributed by atoms with Crippen LogP contribution in [-0.2, 0) is 11.2 Å². The molecule has 1 aliphatic rings. The summed E-state index contributed by atoms with van der Waals surface area (Å²) < 4.78 is 13.5. The number of likely N-dealkylation sites (tertiary alicyclic amines) is 1. The molecule has 110 valence electrons. The predicted octanol–water partition coefficient (Wildman–Crippen LogP) is 2.36. The number of carbonyl (C=O) groups is 1. The van der Waals surface area contributed by atoms with E-state index in [4.69, 9.17) is 0 Å². The molecule has 1 atom stereocenters. The van der Waals surface area contributed by atoms with Gasteiger partial charge in [0.2, 0.25) is 5.91 Å². The fourth-order valence-corrected chi connectivity index (χ4v) is 2.75. The van der Waals surface area contributed by atoms with E-state index in [-0.39, 0.29) is 18.1 Å². The van der Waals surface area contributed by atoms with E-state index in [1.807, 2.05) is 0 Å². The molecule has 1 fully saturated rings. The van der Waals surface area contributed by atoms with Crippen molar-refractivity contribution in [3.63, 3.8) is 0 Å². The molecule has 1 aromatic carbocycles. The minimum Gasteiger partial charge on any atom is -0.354 e. The third-order valence-electron chi connectivity index (χ3n) is 3.97. The quantitative estimate of drug-likeness (QED) is 0.866. The van der Waals surface area contributed by atoms with Crippen LogP contribution in [0, 0.1) is 5.82 Å². The molecule has 0 bridgehead atoms. The smallest absolute Gasteiger partial charge is 0.224 e. The van der Waals surface area contributed by atoms with E-state index >= 15 is 0 Å². The minimum atomic E-state index is -0.311. The zero-order valence-corrected chi connectivity index (χ0v) is 12.1. The van der Waals surface area contributed by atoms with Crippen molar-refractivity contribution < 1.29 is 9.18 Å². The molecule has 1 saturated heterocycles. The van der Waals surface area contributed by atoms with Crippen molar-refractivity contribution in [2.75, 3.05) is 19.6 Å². The van der Waals surface area contributed by atoms with E-state index in [9.17, 15) is 9.18 Å². The van der Waals surface area contributed by atoms with E-state index in [0.717, 1.165) is 19.5 Å². The lowest BCUT2D eigenvalue weighted by atomic mass is 10.1. The van der Waals surface area contributed by atoms with Crippen molar-refractivity contribution in [1.29, 1.82) is 0 Å². The van der Waals surface area contributed by atoms with E-state index in [0.29, 0.717) is 18.2 Å². The van der Waals surface area contributed by atoms with Crippen molar-refractivity contribution >= 4 is 5.91 Å². The standard InChI is InChI=1S/C16H23FN2O/c1-2-14(19-9-5-6-10-19)12-18-16(20)11-13-7-3-4-8-15(13)17/h3-4,7-8,14H,2,5-6,9-12H2,1H3,(H,18,20)/t14-/m1/s1. The first kappa shape index (κ1) is 15.0. The first-order chi connectivity index (χ1) is 9.70. The Balaban J connectivity index is 1.80. The molecule has 0 unspecified atom stereocenters. The highest BCUT2D eigenvalue weighted by Gasteiger charge is 2.20. The van der Waals surface area contributed by atoms with Crippen LogP contribution in [0.25, 0.3) is 0 Å². The Labute approximate surface area is 120 Å². The van der Waals surface area contributed by atoms with Gasteiger partial charge in [0, 0.05) is 12.6 Å².